The van der Waals surface area contributed by atoms with Crippen LogP contribution in [0.4, 0.5) is 0 Å². The molecule has 0 aliphatic rings. The van der Waals surface area contributed by atoms with Gasteiger partial charge in [0.25, 0.3) is 0 Å². The predicted octanol–water partition coefficient (Wildman–Crippen LogP) is 0.837. The molecule has 2 heteroatoms. The van der Waals surface area contributed by atoms with E-state index in [1.807, 2.05) is 6.07 Å². The van der Waals surface area contributed by atoms with Crippen molar-refractivity contribution >= 4 is 0 Å². The highest BCUT2D eigenvalue weighted by molar-refractivity contribution is 5.00. The lowest BCUT2D eigenvalue weighted by molar-refractivity contribution is 0.217. The number of aliphatic hydroxyl groups excluding tert-OH is 1. The van der Waals surface area contributed by atoms with Crippen molar-refractivity contribution in [2.24, 2.45) is 0 Å². The molecule has 1 atom stereocenters. The van der Waals surface area contributed by atoms with E-state index < -0.39 is 6.10 Å². The zero-order valence-electron chi connectivity index (χ0n) is 4.89. The second kappa shape index (κ2) is 3.23. The molecule has 0 amide bonds. The van der Waals surface area contributed by atoms with Crippen LogP contribution in [0, 0.1) is 11.3 Å². The van der Waals surface area contributed by atoms with Gasteiger partial charge in [-0.15, -0.1) is 0 Å². The van der Waals surface area contributed by atoms with Crippen molar-refractivity contribution < 1.29 is 5.11 Å². The maximum Gasteiger partial charge on any atom is 0.0874 e. The first-order valence-electron chi connectivity index (χ1n) is 2.39. The molecule has 0 radical (unpaired) electrons. The van der Waals surface area contributed by atoms with Gasteiger partial charge in [-0.2, -0.15) is 5.26 Å². The van der Waals surface area contributed by atoms with E-state index in [4.69, 9.17) is 10.4 Å². The molecule has 0 fully saturated rings. The van der Waals surface area contributed by atoms with Gasteiger partial charge in [0, 0.05) is 0 Å². The molecule has 2 nitrogen and oxygen atoms in total. The van der Waals surface area contributed by atoms with E-state index in [1.54, 1.807) is 6.92 Å². The lowest BCUT2D eigenvalue weighted by Crippen LogP contribution is -2.04. The maximum absolute atomic E-state index is 8.80. The fourth-order valence-corrected chi connectivity index (χ4v) is 0.261. The summed E-state index contributed by atoms with van der Waals surface area (Å²) in [5.74, 6) is 0. The summed E-state index contributed by atoms with van der Waals surface area (Å²) in [6.45, 7) is 5.17. The Hall–Kier alpha value is -0.810. The molecule has 0 aromatic rings. The molecule has 8 heavy (non-hydrogen) atoms. The van der Waals surface area contributed by atoms with Gasteiger partial charge < -0.3 is 5.11 Å². The van der Waals surface area contributed by atoms with E-state index in [0.29, 0.717) is 5.57 Å². The van der Waals surface area contributed by atoms with Crippen molar-refractivity contribution in [3.63, 3.8) is 0 Å². The lowest BCUT2D eigenvalue weighted by atomic mass is 10.1. The van der Waals surface area contributed by atoms with Crippen LogP contribution in [0.1, 0.15) is 13.3 Å². The standard InChI is InChI=1S/C6H9NO/c1-5(2)6(8)3-4-7/h6,8H,1,3H2,2H3/t6-/m1/s1. The van der Waals surface area contributed by atoms with Gasteiger partial charge in [0.15, 0.2) is 0 Å². The zero-order chi connectivity index (χ0) is 6.57. The molecular weight excluding hydrogens is 102 g/mol. The van der Waals surface area contributed by atoms with Crippen LogP contribution < -0.4 is 0 Å². The predicted molar refractivity (Wildman–Crippen MR) is 31.1 cm³/mol. The molecule has 0 aromatic carbocycles. The Balaban J connectivity index is 3.52. The molecule has 1 N–H and O–H groups in total. The summed E-state index contributed by atoms with van der Waals surface area (Å²) in [5, 5.41) is 16.8. The number of rotatable bonds is 2. The second-order valence-electron chi connectivity index (χ2n) is 1.72. The average Bonchev–Trinajstić information content (AvgIpc) is 1.67. The minimum atomic E-state index is -0.639. The van der Waals surface area contributed by atoms with E-state index in [0.717, 1.165) is 0 Å². The van der Waals surface area contributed by atoms with Crippen LogP contribution in [-0.2, 0) is 0 Å². The topological polar surface area (TPSA) is 44.0 Å². The Morgan fingerprint density at radius 2 is 2.50 bits per heavy atom. The van der Waals surface area contributed by atoms with Crippen LogP contribution in [0.3, 0.4) is 0 Å². The highest BCUT2D eigenvalue weighted by Crippen LogP contribution is 1.99. The molecule has 0 spiro atoms. The number of hydrogen-bond donors (Lipinski definition) is 1. The molecule has 0 rings (SSSR count). The van der Waals surface area contributed by atoms with Crippen LogP contribution >= 0.6 is 0 Å². The monoisotopic (exact) mass is 111 g/mol. The molecule has 0 saturated heterocycles. The smallest absolute Gasteiger partial charge is 0.0874 e. The Bertz CT molecular complexity index is 123. The first-order valence-corrected chi connectivity index (χ1v) is 2.39. The summed E-state index contributed by atoms with van der Waals surface area (Å²) in [4.78, 5) is 0. The average molecular weight is 111 g/mol. The highest BCUT2D eigenvalue weighted by atomic mass is 16.3. The third-order valence-electron chi connectivity index (χ3n) is 0.853. The molecule has 0 saturated carbocycles. The summed E-state index contributed by atoms with van der Waals surface area (Å²) in [6, 6.07) is 1.84. The van der Waals surface area contributed by atoms with Crippen molar-refractivity contribution in [1.82, 2.24) is 0 Å². The molecule has 0 aliphatic carbocycles. The van der Waals surface area contributed by atoms with Crippen molar-refractivity contribution in [3.8, 4) is 6.07 Å². The van der Waals surface area contributed by atoms with E-state index in [1.165, 1.54) is 0 Å². The van der Waals surface area contributed by atoms with Gasteiger partial charge in [0.1, 0.15) is 0 Å². The van der Waals surface area contributed by atoms with Crippen molar-refractivity contribution in [2.45, 2.75) is 19.4 Å². The van der Waals surface area contributed by atoms with Crippen LogP contribution in [0.2, 0.25) is 0 Å². The SMILES string of the molecule is C=C(C)[C@H](O)CC#N. The first-order chi connectivity index (χ1) is 3.68. The summed E-state index contributed by atoms with van der Waals surface area (Å²) >= 11 is 0. The molecule has 44 valence electrons. The molecule has 0 aromatic heterocycles. The minimum Gasteiger partial charge on any atom is -0.388 e. The molecule has 0 unspecified atom stereocenters. The number of nitrogens with zero attached hydrogens (tertiary/aromatic N) is 1. The van der Waals surface area contributed by atoms with Crippen LogP contribution in [-0.4, -0.2) is 11.2 Å². The molecule has 0 heterocycles. The fraction of sp³-hybridized carbons (Fsp3) is 0.500. The summed E-state index contributed by atoms with van der Waals surface area (Å²) in [5.41, 5.74) is 0.645. The number of hydrogen-bond acceptors (Lipinski definition) is 2. The normalized spacial score (nSPS) is 12.1. The summed E-state index contributed by atoms with van der Waals surface area (Å²) < 4.78 is 0. The largest absolute Gasteiger partial charge is 0.388 e. The van der Waals surface area contributed by atoms with Crippen LogP contribution in [0.15, 0.2) is 12.2 Å². The Morgan fingerprint density at radius 1 is 2.00 bits per heavy atom. The Kier molecular flexibility index (Phi) is 2.90. The Labute approximate surface area is 49.1 Å². The quantitative estimate of drug-likeness (QED) is 0.536. The summed E-state index contributed by atoms with van der Waals surface area (Å²) in [6.07, 6.45) is -0.491. The molecule has 0 aliphatic heterocycles. The fourth-order valence-electron chi connectivity index (χ4n) is 0.261. The van der Waals surface area contributed by atoms with Gasteiger partial charge in [-0.1, -0.05) is 12.2 Å². The van der Waals surface area contributed by atoms with Crippen LogP contribution in [0.25, 0.3) is 0 Å². The van der Waals surface area contributed by atoms with Gasteiger partial charge in [0.05, 0.1) is 18.6 Å². The van der Waals surface area contributed by atoms with Crippen LogP contribution in [0.5, 0.6) is 0 Å². The number of nitriles is 1. The molecular formula is C6H9NO. The number of aliphatic hydroxyl groups is 1. The lowest BCUT2D eigenvalue weighted by Gasteiger charge is -2.01. The van der Waals surface area contributed by atoms with Gasteiger partial charge in [-0.25, -0.2) is 0 Å². The van der Waals surface area contributed by atoms with Crippen molar-refractivity contribution in [1.29, 1.82) is 5.26 Å². The Morgan fingerprint density at radius 3 is 2.62 bits per heavy atom. The van der Waals surface area contributed by atoms with E-state index in [2.05, 4.69) is 6.58 Å². The zero-order valence-corrected chi connectivity index (χ0v) is 4.89. The van der Waals surface area contributed by atoms with Gasteiger partial charge in [0.2, 0.25) is 0 Å². The molecule has 0 bridgehead atoms. The van der Waals surface area contributed by atoms with Gasteiger partial charge >= 0.3 is 0 Å². The third kappa shape index (κ3) is 2.38. The first kappa shape index (κ1) is 7.19. The minimum absolute atomic E-state index is 0.148. The van der Waals surface area contributed by atoms with Gasteiger partial charge in [-0.3, -0.25) is 0 Å². The van der Waals surface area contributed by atoms with Crippen molar-refractivity contribution in [3.05, 3.63) is 12.2 Å². The van der Waals surface area contributed by atoms with E-state index >= 15 is 0 Å². The third-order valence-corrected chi connectivity index (χ3v) is 0.853. The highest BCUT2D eigenvalue weighted by Gasteiger charge is 2.00. The van der Waals surface area contributed by atoms with Gasteiger partial charge in [-0.05, 0) is 6.92 Å². The maximum atomic E-state index is 8.80. The van der Waals surface area contributed by atoms with E-state index in [9.17, 15) is 0 Å². The second-order valence-corrected chi connectivity index (χ2v) is 1.72. The van der Waals surface area contributed by atoms with Crippen molar-refractivity contribution in [2.75, 3.05) is 0 Å². The van der Waals surface area contributed by atoms with E-state index in [-0.39, 0.29) is 6.42 Å². The summed E-state index contributed by atoms with van der Waals surface area (Å²) in [7, 11) is 0.